The Labute approximate surface area is 125 Å². The number of anilines is 1. The SMILES string of the molecule is CC1CCN(C(=O)C2CCCCC2)c2ccccc2S1. The Hall–Kier alpha value is -0.960. The van der Waals surface area contributed by atoms with Crippen LogP contribution < -0.4 is 4.90 Å². The van der Waals surface area contributed by atoms with E-state index in [9.17, 15) is 4.79 Å². The third kappa shape index (κ3) is 2.88. The molecule has 1 unspecified atom stereocenters. The van der Waals surface area contributed by atoms with Crippen LogP contribution in [0.1, 0.15) is 45.4 Å². The molecule has 0 N–H and O–H groups in total. The highest BCUT2D eigenvalue weighted by molar-refractivity contribution is 8.00. The van der Waals surface area contributed by atoms with E-state index in [0.29, 0.717) is 11.2 Å². The summed E-state index contributed by atoms with van der Waals surface area (Å²) in [6, 6.07) is 8.40. The topological polar surface area (TPSA) is 20.3 Å². The second kappa shape index (κ2) is 6.21. The fourth-order valence-corrected chi connectivity index (χ4v) is 4.40. The molecule has 2 nitrogen and oxygen atoms in total. The van der Waals surface area contributed by atoms with Crippen molar-refractivity contribution in [3.05, 3.63) is 24.3 Å². The molecule has 2 aliphatic rings. The number of carbonyl (C=O) groups is 1. The summed E-state index contributed by atoms with van der Waals surface area (Å²) in [5, 5.41) is 0.584. The Balaban J connectivity index is 1.86. The highest BCUT2D eigenvalue weighted by atomic mass is 32.2. The number of fused-ring (bicyclic) bond motifs is 1. The maximum atomic E-state index is 12.9. The smallest absolute Gasteiger partial charge is 0.230 e. The number of amides is 1. The molecule has 0 spiro atoms. The number of hydrogen-bond acceptors (Lipinski definition) is 2. The molecule has 1 aliphatic carbocycles. The average molecular weight is 289 g/mol. The van der Waals surface area contributed by atoms with Crippen molar-refractivity contribution in [3.63, 3.8) is 0 Å². The van der Waals surface area contributed by atoms with E-state index in [1.807, 2.05) is 11.8 Å². The van der Waals surface area contributed by atoms with Crippen LogP contribution in [0.15, 0.2) is 29.2 Å². The van der Waals surface area contributed by atoms with E-state index in [0.717, 1.165) is 31.5 Å². The molecule has 1 aliphatic heterocycles. The predicted molar refractivity (Wildman–Crippen MR) is 85.3 cm³/mol. The molecule has 0 radical (unpaired) electrons. The first-order valence-electron chi connectivity index (χ1n) is 7.83. The summed E-state index contributed by atoms with van der Waals surface area (Å²) in [5.74, 6) is 0.627. The van der Waals surface area contributed by atoms with Gasteiger partial charge >= 0.3 is 0 Å². The van der Waals surface area contributed by atoms with Crippen molar-refractivity contribution in [2.24, 2.45) is 5.92 Å². The van der Waals surface area contributed by atoms with Gasteiger partial charge in [-0.25, -0.2) is 0 Å². The average Bonchev–Trinajstić information content (AvgIpc) is 2.66. The minimum atomic E-state index is 0.259. The molecule has 1 heterocycles. The Morgan fingerprint density at radius 2 is 1.90 bits per heavy atom. The molecule has 1 saturated carbocycles. The Morgan fingerprint density at radius 3 is 2.70 bits per heavy atom. The number of thioether (sulfide) groups is 1. The summed E-state index contributed by atoms with van der Waals surface area (Å²) in [7, 11) is 0. The third-order valence-electron chi connectivity index (χ3n) is 4.46. The van der Waals surface area contributed by atoms with Crippen LogP contribution in [0.3, 0.4) is 0 Å². The maximum absolute atomic E-state index is 12.9. The lowest BCUT2D eigenvalue weighted by molar-refractivity contribution is -0.123. The molecular formula is C17H23NOS. The minimum absolute atomic E-state index is 0.259. The van der Waals surface area contributed by atoms with Crippen LogP contribution in [0.5, 0.6) is 0 Å². The summed E-state index contributed by atoms with van der Waals surface area (Å²) in [6.07, 6.45) is 6.99. The summed E-state index contributed by atoms with van der Waals surface area (Å²) in [4.78, 5) is 16.2. The lowest BCUT2D eigenvalue weighted by atomic mass is 9.88. The van der Waals surface area contributed by atoms with Crippen LogP contribution >= 0.6 is 11.8 Å². The summed E-state index contributed by atoms with van der Waals surface area (Å²) in [5.41, 5.74) is 1.14. The maximum Gasteiger partial charge on any atom is 0.230 e. The van der Waals surface area contributed by atoms with Gasteiger partial charge in [-0.05, 0) is 31.4 Å². The van der Waals surface area contributed by atoms with Crippen LogP contribution in [-0.2, 0) is 4.79 Å². The molecule has 3 rings (SSSR count). The van der Waals surface area contributed by atoms with Gasteiger partial charge in [-0.3, -0.25) is 4.79 Å². The lowest BCUT2D eigenvalue weighted by Gasteiger charge is -2.29. The van der Waals surface area contributed by atoms with Gasteiger partial charge in [-0.15, -0.1) is 11.8 Å². The van der Waals surface area contributed by atoms with Gasteiger partial charge in [0.05, 0.1) is 5.69 Å². The van der Waals surface area contributed by atoms with Gasteiger partial charge in [-0.1, -0.05) is 38.3 Å². The van der Waals surface area contributed by atoms with E-state index in [1.165, 1.54) is 24.2 Å². The van der Waals surface area contributed by atoms with Crippen LogP contribution in [0.4, 0.5) is 5.69 Å². The van der Waals surface area contributed by atoms with E-state index >= 15 is 0 Å². The van der Waals surface area contributed by atoms with Crippen LogP contribution in [-0.4, -0.2) is 17.7 Å². The Bertz CT molecular complexity index is 482. The zero-order chi connectivity index (χ0) is 13.9. The number of rotatable bonds is 1. The molecule has 0 aromatic heterocycles. The van der Waals surface area contributed by atoms with E-state index in [2.05, 4.69) is 36.1 Å². The number of benzene rings is 1. The van der Waals surface area contributed by atoms with Crippen LogP contribution in [0, 0.1) is 5.92 Å². The second-order valence-corrected chi connectivity index (χ2v) is 7.49. The van der Waals surface area contributed by atoms with Crippen molar-refractivity contribution in [1.29, 1.82) is 0 Å². The highest BCUT2D eigenvalue weighted by Gasteiger charge is 2.30. The number of nitrogens with zero attached hydrogens (tertiary/aromatic N) is 1. The lowest BCUT2D eigenvalue weighted by Crippen LogP contribution is -2.38. The van der Waals surface area contributed by atoms with Gasteiger partial charge in [0.15, 0.2) is 0 Å². The van der Waals surface area contributed by atoms with Crippen LogP contribution in [0.2, 0.25) is 0 Å². The first-order chi connectivity index (χ1) is 9.75. The van der Waals surface area contributed by atoms with Crippen molar-refractivity contribution >= 4 is 23.4 Å². The Morgan fingerprint density at radius 1 is 1.15 bits per heavy atom. The molecule has 1 amide bonds. The summed E-state index contributed by atoms with van der Waals surface area (Å²) < 4.78 is 0. The van der Waals surface area contributed by atoms with E-state index < -0.39 is 0 Å². The van der Waals surface area contributed by atoms with Gasteiger partial charge in [0.25, 0.3) is 0 Å². The summed E-state index contributed by atoms with van der Waals surface area (Å²) in [6.45, 7) is 3.14. The fraction of sp³-hybridized carbons (Fsp3) is 0.588. The van der Waals surface area contributed by atoms with Crippen molar-refractivity contribution < 1.29 is 4.79 Å². The van der Waals surface area contributed by atoms with Crippen LogP contribution in [0.25, 0.3) is 0 Å². The molecule has 20 heavy (non-hydrogen) atoms. The zero-order valence-electron chi connectivity index (χ0n) is 12.2. The van der Waals surface area contributed by atoms with Crippen molar-refractivity contribution in [2.75, 3.05) is 11.4 Å². The normalized spacial score (nSPS) is 24.1. The summed E-state index contributed by atoms with van der Waals surface area (Å²) >= 11 is 1.91. The molecular weight excluding hydrogens is 266 g/mol. The van der Waals surface area contributed by atoms with E-state index in [1.54, 1.807) is 0 Å². The molecule has 1 fully saturated rings. The monoisotopic (exact) mass is 289 g/mol. The van der Waals surface area contributed by atoms with Gasteiger partial charge < -0.3 is 4.90 Å². The predicted octanol–water partition coefficient (Wildman–Crippen LogP) is 4.48. The second-order valence-electron chi connectivity index (χ2n) is 6.01. The molecule has 108 valence electrons. The number of hydrogen-bond donors (Lipinski definition) is 0. The van der Waals surface area contributed by atoms with Crippen molar-refractivity contribution in [3.8, 4) is 0 Å². The van der Waals surface area contributed by atoms with Gasteiger partial charge in [-0.2, -0.15) is 0 Å². The Kier molecular flexibility index (Phi) is 4.35. The molecule has 3 heteroatoms. The molecule has 1 atom stereocenters. The molecule has 0 bridgehead atoms. The molecule has 1 aromatic carbocycles. The standard InChI is InChI=1S/C17H23NOS/c1-13-11-12-18(15-9-5-6-10-16(15)20-13)17(19)14-7-3-2-4-8-14/h5-6,9-10,13-14H,2-4,7-8,11-12H2,1H3. The quantitative estimate of drug-likeness (QED) is 0.759. The van der Waals surface area contributed by atoms with E-state index in [4.69, 9.17) is 0 Å². The number of carbonyl (C=O) groups excluding carboxylic acids is 1. The highest BCUT2D eigenvalue weighted by Crippen LogP contribution is 2.38. The van der Waals surface area contributed by atoms with Gasteiger partial charge in [0, 0.05) is 22.6 Å². The fourth-order valence-electron chi connectivity index (χ4n) is 3.29. The number of para-hydroxylation sites is 1. The molecule has 1 aromatic rings. The first-order valence-corrected chi connectivity index (χ1v) is 8.71. The van der Waals surface area contributed by atoms with E-state index in [-0.39, 0.29) is 5.92 Å². The first kappa shape index (κ1) is 14.0. The van der Waals surface area contributed by atoms with Crippen molar-refractivity contribution in [2.45, 2.75) is 55.6 Å². The third-order valence-corrected chi connectivity index (χ3v) is 5.70. The zero-order valence-corrected chi connectivity index (χ0v) is 13.0. The van der Waals surface area contributed by atoms with Gasteiger partial charge in [0.2, 0.25) is 5.91 Å². The molecule has 0 saturated heterocycles. The minimum Gasteiger partial charge on any atom is -0.311 e. The largest absolute Gasteiger partial charge is 0.311 e. The van der Waals surface area contributed by atoms with Crippen molar-refractivity contribution in [1.82, 2.24) is 0 Å². The van der Waals surface area contributed by atoms with Gasteiger partial charge in [0.1, 0.15) is 0 Å².